The van der Waals surface area contributed by atoms with Crippen molar-refractivity contribution in [3.8, 4) is 0 Å². The summed E-state index contributed by atoms with van der Waals surface area (Å²) in [5.41, 5.74) is 9.46. The Hall–Kier alpha value is -1.72. The molecule has 0 saturated carbocycles. The minimum absolute atomic E-state index is 0.252. The van der Waals surface area contributed by atoms with Crippen LogP contribution in [-0.4, -0.2) is 25.4 Å². The molecule has 14 heavy (non-hydrogen) atoms. The fourth-order valence-corrected chi connectivity index (χ4v) is 0.691. The summed E-state index contributed by atoms with van der Waals surface area (Å²) in [6, 6.07) is 0. The Morgan fingerprint density at radius 1 is 0.929 bits per heavy atom. The molecule has 0 saturated heterocycles. The highest BCUT2D eigenvalue weighted by molar-refractivity contribution is 5.64. The molecule has 0 atom stereocenters. The lowest BCUT2D eigenvalue weighted by atomic mass is 10.3. The first-order valence-electron chi connectivity index (χ1n) is 4.12. The van der Waals surface area contributed by atoms with Gasteiger partial charge in [-0.05, 0) is 12.8 Å². The number of ether oxygens (including phenoxy) is 2. The Labute approximate surface area is 81.8 Å². The van der Waals surface area contributed by atoms with Gasteiger partial charge < -0.3 is 20.9 Å². The Kier molecular flexibility index (Phi) is 6.93. The first-order valence-corrected chi connectivity index (χ1v) is 4.12. The van der Waals surface area contributed by atoms with Gasteiger partial charge in [0.05, 0.1) is 13.2 Å². The van der Waals surface area contributed by atoms with Gasteiger partial charge in [-0.1, -0.05) is 12.2 Å². The van der Waals surface area contributed by atoms with Gasteiger partial charge in [-0.15, -0.1) is 0 Å². The van der Waals surface area contributed by atoms with E-state index < -0.39 is 12.2 Å². The summed E-state index contributed by atoms with van der Waals surface area (Å²) in [4.78, 5) is 20.2. The summed E-state index contributed by atoms with van der Waals surface area (Å²) in [5.74, 6) is 0. The zero-order chi connectivity index (χ0) is 10.8. The number of amides is 2. The molecule has 0 radical (unpaired) electrons. The Bertz CT molecular complexity index is 193. The SMILES string of the molecule is NC(=O)OCCC=CCCOC(N)=O. The molecule has 0 aliphatic heterocycles. The van der Waals surface area contributed by atoms with Crippen molar-refractivity contribution in [1.82, 2.24) is 0 Å². The van der Waals surface area contributed by atoms with Crippen molar-refractivity contribution in [2.75, 3.05) is 13.2 Å². The topological polar surface area (TPSA) is 105 Å². The second-order valence-corrected chi connectivity index (χ2v) is 2.38. The molecule has 80 valence electrons. The highest BCUT2D eigenvalue weighted by Gasteiger charge is 1.91. The molecule has 0 aromatic rings. The average Bonchev–Trinajstić information content (AvgIpc) is 2.08. The van der Waals surface area contributed by atoms with Crippen LogP contribution in [0, 0.1) is 0 Å². The van der Waals surface area contributed by atoms with Crippen LogP contribution < -0.4 is 11.5 Å². The van der Waals surface area contributed by atoms with E-state index in [4.69, 9.17) is 11.5 Å². The minimum Gasteiger partial charge on any atom is -0.449 e. The molecule has 0 heterocycles. The molecule has 6 nitrogen and oxygen atoms in total. The van der Waals surface area contributed by atoms with E-state index in [-0.39, 0.29) is 13.2 Å². The van der Waals surface area contributed by atoms with Crippen LogP contribution in [0.5, 0.6) is 0 Å². The Balaban J connectivity index is 3.19. The standard InChI is InChI=1S/C8H14N2O4/c9-7(11)13-5-3-1-2-4-6-14-8(10)12/h1-2H,3-6H2,(H2,9,11)(H2,10,12). The quantitative estimate of drug-likeness (QED) is 0.483. The maximum absolute atomic E-state index is 10.1. The molecule has 0 aliphatic carbocycles. The van der Waals surface area contributed by atoms with E-state index in [0.29, 0.717) is 12.8 Å². The molecule has 6 heteroatoms. The maximum atomic E-state index is 10.1. The molecule has 0 aromatic heterocycles. The van der Waals surface area contributed by atoms with Crippen LogP contribution in [0.4, 0.5) is 9.59 Å². The predicted octanol–water partition coefficient (Wildman–Crippen LogP) is 0.513. The van der Waals surface area contributed by atoms with Crippen molar-refractivity contribution < 1.29 is 19.1 Å². The van der Waals surface area contributed by atoms with Gasteiger partial charge in [0, 0.05) is 0 Å². The van der Waals surface area contributed by atoms with E-state index >= 15 is 0 Å². The minimum atomic E-state index is -0.782. The van der Waals surface area contributed by atoms with Crippen LogP contribution in [0.25, 0.3) is 0 Å². The number of hydrogen-bond donors (Lipinski definition) is 2. The van der Waals surface area contributed by atoms with Gasteiger partial charge in [0.15, 0.2) is 0 Å². The van der Waals surface area contributed by atoms with Crippen LogP contribution in [0.15, 0.2) is 12.2 Å². The third-order valence-corrected chi connectivity index (χ3v) is 1.22. The second kappa shape index (κ2) is 7.90. The van der Waals surface area contributed by atoms with Crippen molar-refractivity contribution >= 4 is 12.2 Å². The molecule has 4 N–H and O–H groups in total. The van der Waals surface area contributed by atoms with Crippen LogP contribution >= 0.6 is 0 Å². The molecule has 2 amide bonds. The largest absolute Gasteiger partial charge is 0.449 e. The molecule has 0 bridgehead atoms. The number of carbonyl (C=O) groups is 2. The molecule has 0 aromatic carbocycles. The van der Waals surface area contributed by atoms with Gasteiger partial charge in [-0.25, -0.2) is 9.59 Å². The first-order chi connectivity index (χ1) is 6.63. The molecule has 0 fully saturated rings. The van der Waals surface area contributed by atoms with Crippen molar-refractivity contribution in [1.29, 1.82) is 0 Å². The summed E-state index contributed by atoms with van der Waals surface area (Å²) in [6.07, 6.45) is 3.20. The predicted molar refractivity (Wildman–Crippen MR) is 49.4 cm³/mol. The van der Waals surface area contributed by atoms with Crippen LogP contribution in [0.1, 0.15) is 12.8 Å². The van der Waals surface area contributed by atoms with E-state index in [0.717, 1.165) is 0 Å². The highest BCUT2D eigenvalue weighted by atomic mass is 16.5. The van der Waals surface area contributed by atoms with Crippen molar-refractivity contribution in [2.45, 2.75) is 12.8 Å². The van der Waals surface area contributed by atoms with E-state index in [1.165, 1.54) is 0 Å². The third-order valence-electron chi connectivity index (χ3n) is 1.22. The molecular formula is C8H14N2O4. The monoisotopic (exact) mass is 202 g/mol. The number of carbonyl (C=O) groups excluding carboxylic acids is 2. The van der Waals surface area contributed by atoms with Gasteiger partial charge >= 0.3 is 12.2 Å². The fraction of sp³-hybridized carbons (Fsp3) is 0.500. The van der Waals surface area contributed by atoms with Gasteiger partial charge in [0.2, 0.25) is 0 Å². The first kappa shape index (κ1) is 12.3. The van der Waals surface area contributed by atoms with E-state index in [2.05, 4.69) is 9.47 Å². The lowest BCUT2D eigenvalue weighted by molar-refractivity contribution is 0.157. The smallest absolute Gasteiger partial charge is 0.404 e. The summed E-state index contributed by atoms with van der Waals surface area (Å²) in [6.45, 7) is 0.505. The van der Waals surface area contributed by atoms with Crippen molar-refractivity contribution in [3.05, 3.63) is 12.2 Å². The van der Waals surface area contributed by atoms with Gasteiger partial charge in [0.25, 0.3) is 0 Å². The van der Waals surface area contributed by atoms with Crippen LogP contribution in [0.2, 0.25) is 0 Å². The number of rotatable bonds is 6. The van der Waals surface area contributed by atoms with Crippen molar-refractivity contribution in [3.63, 3.8) is 0 Å². The molecule has 0 aliphatic rings. The third kappa shape index (κ3) is 10.3. The zero-order valence-electron chi connectivity index (χ0n) is 7.77. The normalized spacial score (nSPS) is 10.0. The Morgan fingerprint density at radius 2 is 1.29 bits per heavy atom. The number of primary amides is 2. The molecule has 0 unspecified atom stereocenters. The van der Waals surface area contributed by atoms with Crippen molar-refractivity contribution in [2.24, 2.45) is 11.5 Å². The van der Waals surface area contributed by atoms with E-state index in [9.17, 15) is 9.59 Å². The summed E-state index contributed by atoms with van der Waals surface area (Å²) >= 11 is 0. The molecule has 0 rings (SSSR count). The summed E-state index contributed by atoms with van der Waals surface area (Å²) in [5, 5.41) is 0. The summed E-state index contributed by atoms with van der Waals surface area (Å²) < 4.78 is 8.94. The second-order valence-electron chi connectivity index (χ2n) is 2.38. The van der Waals surface area contributed by atoms with E-state index in [1.54, 1.807) is 12.2 Å². The van der Waals surface area contributed by atoms with Gasteiger partial charge in [0.1, 0.15) is 0 Å². The van der Waals surface area contributed by atoms with Gasteiger partial charge in [-0.2, -0.15) is 0 Å². The molecular weight excluding hydrogens is 188 g/mol. The Morgan fingerprint density at radius 3 is 1.57 bits per heavy atom. The van der Waals surface area contributed by atoms with Crippen LogP contribution in [-0.2, 0) is 9.47 Å². The molecule has 0 spiro atoms. The zero-order valence-corrected chi connectivity index (χ0v) is 7.77. The fourth-order valence-electron chi connectivity index (χ4n) is 0.691. The van der Waals surface area contributed by atoms with Crippen LogP contribution in [0.3, 0.4) is 0 Å². The highest BCUT2D eigenvalue weighted by Crippen LogP contribution is 1.89. The number of hydrogen-bond acceptors (Lipinski definition) is 4. The number of nitrogens with two attached hydrogens (primary N) is 2. The average molecular weight is 202 g/mol. The maximum Gasteiger partial charge on any atom is 0.404 e. The van der Waals surface area contributed by atoms with E-state index in [1.807, 2.05) is 0 Å². The summed E-state index contributed by atoms with van der Waals surface area (Å²) in [7, 11) is 0. The van der Waals surface area contributed by atoms with Gasteiger partial charge in [-0.3, -0.25) is 0 Å². The lowest BCUT2D eigenvalue weighted by Crippen LogP contribution is -2.13. The lowest BCUT2D eigenvalue weighted by Gasteiger charge is -1.97.